The van der Waals surface area contributed by atoms with Gasteiger partial charge in [0, 0.05) is 5.04 Å². The summed E-state index contributed by atoms with van der Waals surface area (Å²) < 4.78 is 0. The minimum absolute atomic E-state index is 0.00201. The molecule has 1 fully saturated rings. The molecule has 0 aromatic rings. The second kappa shape index (κ2) is 3.61. The van der Waals surface area contributed by atoms with Crippen LogP contribution in [0.2, 0.25) is 44.3 Å². The number of carbonyl (C=O) groups is 1. The van der Waals surface area contributed by atoms with E-state index in [1.807, 2.05) is 0 Å². The molecule has 1 saturated carbocycles. The molecule has 0 saturated heterocycles. The molecule has 0 spiro atoms. The fraction of sp³-hybridized carbons (Fsp3) is 0.688. The molecule has 1 nitrogen and oxygen atoms in total. The third kappa shape index (κ3) is 1.49. The number of hydrogen-bond donors (Lipinski definition) is 0. The van der Waals surface area contributed by atoms with Crippen LogP contribution >= 0.6 is 0 Å². The van der Waals surface area contributed by atoms with Crippen LogP contribution in [0, 0.1) is 17.8 Å². The minimum atomic E-state index is -1.54. The number of carbonyl (C=O) groups excluding carboxylic acids is 1. The lowest BCUT2D eigenvalue weighted by atomic mass is 9.83. The van der Waals surface area contributed by atoms with Crippen LogP contribution in [0.3, 0.4) is 0 Å². The van der Waals surface area contributed by atoms with E-state index in [0.717, 1.165) is 0 Å². The molecule has 0 aromatic carbocycles. The van der Waals surface area contributed by atoms with Crippen LogP contribution in [-0.2, 0) is 4.79 Å². The first-order chi connectivity index (χ1) is 8.60. The van der Waals surface area contributed by atoms with E-state index in [4.69, 9.17) is 0 Å². The number of hydrogen-bond acceptors (Lipinski definition) is 1. The zero-order chi connectivity index (χ0) is 14.2. The Balaban J connectivity index is 2.17. The lowest BCUT2D eigenvalue weighted by molar-refractivity contribution is -0.118. The summed E-state index contributed by atoms with van der Waals surface area (Å²) in [6, 6.07) is 0. The van der Waals surface area contributed by atoms with E-state index < -0.39 is 16.1 Å². The van der Waals surface area contributed by atoms with Gasteiger partial charge in [0.1, 0.15) is 0 Å². The van der Waals surface area contributed by atoms with Crippen molar-refractivity contribution in [1.82, 2.24) is 0 Å². The molecule has 19 heavy (non-hydrogen) atoms. The summed E-state index contributed by atoms with van der Waals surface area (Å²) in [4.78, 5) is 13.4. The van der Waals surface area contributed by atoms with E-state index in [0.29, 0.717) is 23.5 Å². The summed E-state index contributed by atoms with van der Waals surface area (Å²) in [6.07, 6.45) is 8.43. The van der Waals surface area contributed by atoms with Crippen LogP contribution in [0.25, 0.3) is 0 Å². The number of allylic oxidation sites excluding steroid dienone is 4. The smallest absolute Gasteiger partial charge is 0.159 e. The Morgan fingerprint density at radius 2 is 1.74 bits per heavy atom. The summed E-state index contributed by atoms with van der Waals surface area (Å²) in [5, 5.41) is 1.25. The van der Waals surface area contributed by atoms with Gasteiger partial charge >= 0.3 is 0 Å². The predicted molar refractivity (Wildman–Crippen MR) is 86.7 cm³/mol. The Morgan fingerprint density at radius 1 is 1.11 bits per heavy atom. The van der Waals surface area contributed by atoms with Gasteiger partial charge in [-0.25, -0.2) is 0 Å². The van der Waals surface area contributed by atoms with Gasteiger partial charge in [-0.2, -0.15) is 0 Å². The van der Waals surface area contributed by atoms with Crippen molar-refractivity contribution < 1.29 is 4.79 Å². The van der Waals surface area contributed by atoms with E-state index in [2.05, 4.69) is 57.5 Å². The first kappa shape index (κ1) is 13.6. The number of fused-ring (bicyclic) bond motifs is 5. The number of rotatable bonds is 2. The summed E-state index contributed by atoms with van der Waals surface area (Å²) in [5.74, 6) is 2.28. The van der Waals surface area contributed by atoms with Crippen LogP contribution in [0.15, 0.2) is 23.4 Å². The van der Waals surface area contributed by atoms with E-state index in [1.165, 1.54) is 11.6 Å². The summed E-state index contributed by atoms with van der Waals surface area (Å²) in [6.45, 7) is 14.2. The molecule has 3 heteroatoms. The van der Waals surface area contributed by atoms with E-state index in [9.17, 15) is 4.79 Å². The fourth-order valence-electron chi connectivity index (χ4n) is 4.96. The zero-order valence-electron chi connectivity index (χ0n) is 13.1. The Kier molecular flexibility index (Phi) is 2.58. The highest BCUT2D eigenvalue weighted by molar-refractivity contribution is 6.91. The highest BCUT2D eigenvalue weighted by Crippen LogP contribution is 2.70. The molecule has 4 atom stereocenters. The number of Topliss-reactive ketones (excluding diaryl/α,β-unsaturated/α-hetero) is 1. The normalized spacial score (nSPS) is 40.8. The van der Waals surface area contributed by atoms with Crippen LogP contribution in [0.4, 0.5) is 0 Å². The summed E-state index contributed by atoms with van der Waals surface area (Å²) in [7, 11) is -3.05. The van der Waals surface area contributed by atoms with Gasteiger partial charge in [-0.3, -0.25) is 4.79 Å². The SMILES string of the molecule is C[Si](C)(C)C1=C[C@H]2[C@H]3C=C[C@H](C3)[C@@]2([Si](C)(C)C)C1=O. The molecule has 0 aliphatic heterocycles. The second-order valence-electron chi connectivity index (χ2n) is 8.70. The van der Waals surface area contributed by atoms with Gasteiger partial charge in [-0.05, 0) is 29.4 Å². The van der Waals surface area contributed by atoms with Crippen molar-refractivity contribution in [2.75, 3.05) is 0 Å². The molecule has 0 radical (unpaired) electrons. The molecule has 0 unspecified atom stereocenters. The van der Waals surface area contributed by atoms with Crippen LogP contribution < -0.4 is 0 Å². The fourth-order valence-corrected chi connectivity index (χ4v) is 10.1. The quantitative estimate of drug-likeness (QED) is 0.548. The average Bonchev–Trinajstić information content (AvgIpc) is 2.84. The molecule has 0 N–H and O–H groups in total. The van der Waals surface area contributed by atoms with Crippen molar-refractivity contribution in [2.24, 2.45) is 17.8 Å². The third-order valence-corrected chi connectivity index (χ3v) is 11.1. The summed E-state index contributed by atoms with van der Waals surface area (Å²) >= 11 is 0. The maximum Gasteiger partial charge on any atom is 0.159 e. The van der Waals surface area contributed by atoms with E-state index in [1.54, 1.807) is 0 Å². The Labute approximate surface area is 119 Å². The molecule has 3 aliphatic carbocycles. The molecular weight excluding hydrogens is 264 g/mol. The van der Waals surface area contributed by atoms with E-state index >= 15 is 0 Å². The van der Waals surface area contributed by atoms with Crippen LogP contribution in [0.5, 0.6) is 0 Å². The first-order valence-corrected chi connectivity index (χ1v) is 14.6. The monoisotopic (exact) mass is 290 g/mol. The van der Waals surface area contributed by atoms with Gasteiger partial charge in [-0.1, -0.05) is 57.5 Å². The van der Waals surface area contributed by atoms with Crippen molar-refractivity contribution in [3.8, 4) is 0 Å². The van der Waals surface area contributed by atoms with Crippen molar-refractivity contribution in [1.29, 1.82) is 0 Å². The van der Waals surface area contributed by atoms with Gasteiger partial charge in [-0.15, -0.1) is 0 Å². The minimum Gasteiger partial charge on any atom is -0.295 e. The lowest BCUT2D eigenvalue weighted by Gasteiger charge is -2.45. The van der Waals surface area contributed by atoms with Gasteiger partial charge in [0.25, 0.3) is 0 Å². The number of ketones is 1. The van der Waals surface area contributed by atoms with Crippen molar-refractivity contribution in [3.05, 3.63) is 23.4 Å². The maximum absolute atomic E-state index is 13.4. The van der Waals surface area contributed by atoms with Gasteiger partial charge in [0.15, 0.2) is 5.78 Å². The Hall–Kier alpha value is -0.416. The zero-order valence-corrected chi connectivity index (χ0v) is 15.1. The van der Waals surface area contributed by atoms with E-state index in [-0.39, 0.29) is 5.04 Å². The van der Waals surface area contributed by atoms with Gasteiger partial charge in [0.2, 0.25) is 0 Å². The Bertz CT molecular complexity index is 504. The largest absolute Gasteiger partial charge is 0.295 e. The highest BCUT2D eigenvalue weighted by atomic mass is 28.3. The molecule has 3 aliphatic rings. The first-order valence-electron chi connectivity index (χ1n) is 7.55. The third-order valence-electron chi connectivity index (χ3n) is 5.70. The molecule has 104 valence electrons. The summed E-state index contributed by atoms with van der Waals surface area (Å²) in [5.41, 5.74) is 0. The van der Waals surface area contributed by atoms with Crippen LogP contribution in [-0.4, -0.2) is 21.9 Å². The Morgan fingerprint density at radius 3 is 2.21 bits per heavy atom. The topological polar surface area (TPSA) is 17.1 Å². The molecule has 0 amide bonds. The molecule has 2 bridgehead atoms. The van der Waals surface area contributed by atoms with Crippen molar-refractivity contribution >= 4 is 21.9 Å². The molecule has 0 aromatic heterocycles. The highest BCUT2D eigenvalue weighted by Gasteiger charge is 2.68. The molecular formula is C16H26OSi2. The van der Waals surface area contributed by atoms with Gasteiger partial charge in [0.05, 0.1) is 16.1 Å². The van der Waals surface area contributed by atoms with Crippen molar-refractivity contribution in [3.63, 3.8) is 0 Å². The van der Waals surface area contributed by atoms with Crippen molar-refractivity contribution in [2.45, 2.75) is 50.7 Å². The molecule has 3 rings (SSSR count). The maximum atomic E-state index is 13.4. The standard InChI is InChI=1S/C16H26OSi2/c1-18(2,3)14-10-13-11-7-8-12(9-11)16(13,15(14)17)19(4,5)6/h7-8,10-13H,9H2,1-6H3/t11-,12+,13-,16-/m0/s1. The predicted octanol–water partition coefficient (Wildman–Crippen LogP) is 4.27. The molecule has 0 heterocycles. The van der Waals surface area contributed by atoms with Gasteiger partial charge < -0.3 is 0 Å². The second-order valence-corrected chi connectivity index (χ2v) is 19.1. The van der Waals surface area contributed by atoms with Crippen LogP contribution in [0.1, 0.15) is 6.42 Å². The lowest BCUT2D eigenvalue weighted by Crippen LogP contribution is -2.51. The average molecular weight is 291 g/mol.